The number of aliphatic carboxylic acids is 1. The molecular weight excluding hydrogens is 352 g/mol. The maximum Gasteiger partial charge on any atom is 0.306 e. The second-order valence-corrected chi connectivity index (χ2v) is 7.29. The molecule has 2 amide bonds. The van der Waals surface area contributed by atoms with E-state index in [2.05, 4.69) is 5.32 Å². The van der Waals surface area contributed by atoms with Crippen LogP contribution in [0, 0.1) is 11.8 Å². The predicted molar refractivity (Wildman–Crippen MR) is 94.8 cm³/mol. The number of carbonyl (C=O) groups excluding carboxylic acids is 2. The van der Waals surface area contributed by atoms with Gasteiger partial charge < -0.3 is 24.8 Å². The Labute approximate surface area is 156 Å². The lowest BCUT2D eigenvalue weighted by molar-refractivity contribution is -0.141. The largest absolute Gasteiger partial charge is 0.486 e. The van der Waals surface area contributed by atoms with Gasteiger partial charge in [0.25, 0.3) is 0 Å². The number of carboxylic acids is 1. The summed E-state index contributed by atoms with van der Waals surface area (Å²) in [5.74, 6) is -0.678. The van der Waals surface area contributed by atoms with E-state index in [9.17, 15) is 14.4 Å². The SMILES string of the molecule is O=C(N[C@@H]1CC[C@H](C(=O)O)C1)C1CC(=O)N(c2ccc3c(c2)OCCO3)C1. The number of hydrogen-bond donors (Lipinski definition) is 2. The number of rotatable bonds is 4. The molecule has 4 rings (SSSR count). The number of carboxylic acid groups (broad SMARTS) is 1. The normalized spacial score (nSPS) is 26.9. The highest BCUT2D eigenvalue weighted by molar-refractivity contribution is 6.00. The van der Waals surface area contributed by atoms with Crippen LogP contribution >= 0.6 is 0 Å². The number of hydrogen-bond acceptors (Lipinski definition) is 5. The predicted octanol–water partition coefficient (Wildman–Crippen LogP) is 1.18. The smallest absolute Gasteiger partial charge is 0.306 e. The Morgan fingerprint density at radius 3 is 2.63 bits per heavy atom. The molecule has 27 heavy (non-hydrogen) atoms. The summed E-state index contributed by atoms with van der Waals surface area (Å²) in [6.07, 6.45) is 1.84. The Kier molecular flexibility index (Phi) is 4.63. The summed E-state index contributed by atoms with van der Waals surface area (Å²) in [4.78, 5) is 37.6. The summed E-state index contributed by atoms with van der Waals surface area (Å²) in [7, 11) is 0. The average Bonchev–Trinajstić information content (AvgIpc) is 3.28. The van der Waals surface area contributed by atoms with E-state index in [4.69, 9.17) is 14.6 Å². The van der Waals surface area contributed by atoms with Crippen LogP contribution in [0.1, 0.15) is 25.7 Å². The fraction of sp³-hybridized carbons (Fsp3) is 0.526. The zero-order chi connectivity index (χ0) is 19.0. The van der Waals surface area contributed by atoms with Crippen molar-refractivity contribution in [1.82, 2.24) is 5.32 Å². The van der Waals surface area contributed by atoms with E-state index in [-0.39, 0.29) is 24.3 Å². The van der Waals surface area contributed by atoms with Crippen molar-refractivity contribution in [2.45, 2.75) is 31.7 Å². The maximum atomic E-state index is 12.6. The first-order valence-electron chi connectivity index (χ1n) is 9.24. The first kappa shape index (κ1) is 17.6. The van der Waals surface area contributed by atoms with Gasteiger partial charge in [0.05, 0.1) is 11.8 Å². The van der Waals surface area contributed by atoms with Gasteiger partial charge in [-0.15, -0.1) is 0 Å². The van der Waals surface area contributed by atoms with Crippen LogP contribution in [0.15, 0.2) is 18.2 Å². The molecule has 8 nitrogen and oxygen atoms in total. The average molecular weight is 374 g/mol. The molecule has 1 saturated heterocycles. The Hall–Kier alpha value is -2.77. The van der Waals surface area contributed by atoms with E-state index in [1.165, 1.54) is 0 Å². The molecule has 0 spiro atoms. The van der Waals surface area contributed by atoms with Gasteiger partial charge in [-0.2, -0.15) is 0 Å². The molecule has 0 bridgehead atoms. The lowest BCUT2D eigenvalue weighted by Crippen LogP contribution is -2.39. The zero-order valence-corrected chi connectivity index (χ0v) is 14.8. The summed E-state index contributed by atoms with van der Waals surface area (Å²) < 4.78 is 11.1. The van der Waals surface area contributed by atoms with Crippen LogP contribution < -0.4 is 19.7 Å². The highest BCUT2D eigenvalue weighted by atomic mass is 16.6. The van der Waals surface area contributed by atoms with Crippen LogP contribution in [-0.2, 0) is 14.4 Å². The quantitative estimate of drug-likeness (QED) is 0.820. The number of ether oxygens (including phenoxy) is 2. The van der Waals surface area contributed by atoms with Gasteiger partial charge in [0, 0.05) is 30.8 Å². The summed E-state index contributed by atoms with van der Waals surface area (Å²) in [5, 5.41) is 12.0. The molecule has 3 atom stereocenters. The summed E-state index contributed by atoms with van der Waals surface area (Å²) in [6.45, 7) is 1.27. The number of amides is 2. The lowest BCUT2D eigenvalue weighted by atomic mass is 10.1. The molecule has 2 heterocycles. The third-order valence-corrected chi connectivity index (χ3v) is 5.46. The van der Waals surface area contributed by atoms with Gasteiger partial charge in [-0.3, -0.25) is 14.4 Å². The molecule has 1 saturated carbocycles. The van der Waals surface area contributed by atoms with E-state index in [1.807, 2.05) is 0 Å². The number of anilines is 1. The number of nitrogens with zero attached hydrogens (tertiary/aromatic N) is 1. The highest BCUT2D eigenvalue weighted by Crippen LogP contribution is 2.36. The van der Waals surface area contributed by atoms with E-state index in [1.54, 1.807) is 23.1 Å². The topological polar surface area (TPSA) is 105 Å². The van der Waals surface area contributed by atoms with Gasteiger partial charge in [0.1, 0.15) is 13.2 Å². The van der Waals surface area contributed by atoms with Crippen molar-refractivity contribution in [2.24, 2.45) is 11.8 Å². The van der Waals surface area contributed by atoms with Crippen molar-refractivity contribution in [3.63, 3.8) is 0 Å². The van der Waals surface area contributed by atoms with Gasteiger partial charge >= 0.3 is 5.97 Å². The molecule has 8 heteroatoms. The van der Waals surface area contributed by atoms with Crippen molar-refractivity contribution < 1.29 is 29.0 Å². The molecule has 3 aliphatic rings. The Bertz CT molecular complexity index is 779. The van der Waals surface area contributed by atoms with Crippen LogP contribution in [0.2, 0.25) is 0 Å². The molecule has 2 fully saturated rings. The Balaban J connectivity index is 1.39. The van der Waals surface area contributed by atoms with Crippen LogP contribution in [0.25, 0.3) is 0 Å². The maximum absolute atomic E-state index is 12.6. The molecule has 1 aromatic rings. The van der Waals surface area contributed by atoms with Crippen LogP contribution in [0.5, 0.6) is 11.5 Å². The lowest BCUT2D eigenvalue weighted by Gasteiger charge is -2.22. The van der Waals surface area contributed by atoms with Crippen molar-refractivity contribution in [3.05, 3.63) is 18.2 Å². The third kappa shape index (κ3) is 3.56. The van der Waals surface area contributed by atoms with Gasteiger partial charge in [-0.05, 0) is 31.4 Å². The van der Waals surface area contributed by atoms with Gasteiger partial charge in [-0.1, -0.05) is 0 Å². The highest BCUT2D eigenvalue weighted by Gasteiger charge is 2.38. The fourth-order valence-corrected chi connectivity index (χ4v) is 3.99. The van der Waals surface area contributed by atoms with E-state index < -0.39 is 17.8 Å². The van der Waals surface area contributed by atoms with Crippen molar-refractivity contribution >= 4 is 23.5 Å². The standard InChI is InChI=1S/C19H22N2O6/c22-17-8-12(18(23)20-13-2-1-11(7-13)19(24)25)10-21(17)14-3-4-15-16(9-14)27-6-5-26-15/h3-4,9,11-13H,1-2,5-8,10H2,(H,20,23)(H,24,25)/t11-,12?,13+/m0/s1. The number of carbonyl (C=O) groups is 3. The molecule has 1 unspecified atom stereocenters. The minimum atomic E-state index is -0.812. The third-order valence-electron chi connectivity index (χ3n) is 5.46. The number of nitrogens with one attached hydrogen (secondary N) is 1. The minimum Gasteiger partial charge on any atom is -0.486 e. The molecule has 1 aromatic carbocycles. The molecular formula is C19H22N2O6. The van der Waals surface area contributed by atoms with Crippen LogP contribution in [0.4, 0.5) is 5.69 Å². The Morgan fingerprint density at radius 1 is 1.11 bits per heavy atom. The van der Waals surface area contributed by atoms with E-state index >= 15 is 0 Å². The van der Waals surface area contributed by atoms with Crippen LogP contribution in [-0.4, -0.2) is 48.7 Å². The molecule has 0 aromatic heterocycles. The van der Waals surface area contributed by atoms with E-state index in [0.717, 1.165) is 0 Å². The monoisotopic (exact) mass is 374 g/mol. The zero-order valence-electron chi connectivity index (χ0n) is 14.8. The second-order valence-electron chi connectivity index (χ2n) is 7.29. The summed E-state index contributed by atoms with van der Waals surface area (Å²) in [6, 6.07) is 5.20. The molecule has 144 valence electrons. The molecule has 2 N–H and O–H groups in total. The van der Waals surface area contributed by atoms with Crippen molar-refractivity contribution in [1.29, 1.82) is 0 Å². The van der Waals surface area contributed by atoms with Crippen molar-refractivity contribution in [3.8, 4) is 11.5 Å². The summed E-state index contributed by atoms with van der Waals surface area (Å²) >= 11 is 0. The first-order valence-corrected chi connectivity index (χ1v) is 9.24. The fourth-order valence-electron chi connectivity index (χ4n) is 3.99. The van der Waals surface area contributed by atoms with E-state index in [0.29, 0.717) is 56.2 Å². The van der Waals surface area contributed by atoms with Gasteiger partial charge in [-0.25, -0.2) is 0 Å². The van der Waals surface area contributed by atoms with Gasteiger partial charge in [0.2, 0.25) is 11.8 Å². The van der Waals surface area contributed by atoms with Gasteiger partial charge in [0.15, 0.2) is 11.5 Å². The second kappa shape index (κ2) is 7.09. The first-order chi connectivity index (χ1) is 13.0. The van der Waals surface area contributed by atoms with Crippen molar-refractivity contribution in [2.75, 3.05) is 24.7 Å². The molecule has 1 aliphatic carbocycles. The molecule has 2 aliphatic heterocycles. The van der Waals surface area contributed by atoms with Crippen LogP contribution in [0.3, 0.4) is 0 Å². The minimum absolute atomic E-state index is 0.110. The number of benzene rings is 1. The molecule has 0 radical (unpaired) electrons. The number of fused-ring (bicyclic) bond motifs is 1. The summed E-state index contributed by atoms with van der Waals surface area (Å²) in [5.41, 5.74) is 0.686. The Morgan fingerprint density at radius 2 is 1.89 bits per heavy atom.